The van der Waals surface area contributed by atoms with E-state index >= 15 is 0 Å². The van der Waals surface area contributed by atoms with Gasteiger partial charge in [-0.25, -0.2) is 0 Å². The van der Waals surface area contributed by atoms with Crippen molar-refractivity contribution in [3.8, 4) is 5.75 Å². The highest BCUT2D eigenvalue weighted by Crippen LogP contribution is 2.39. The molecule has 1 saturated heterocycles. The lowest BCUT2D eigenvalue weighted by Crippen LogP contribution is -2.38. The van der Waals surface area contributed by atoms with E-state index in [9.17, 15) is 14.7 Å². The molecule has 1 aromatic heterocycles. The summed E-state index contributed by atoms with van der Waals surface area (Å²) in [6.07, 6.45) is 1.60. The monoisotopic (exact) mass is 443 g/mol. The number of Topliss-reactive ketones (excluding diaryl/α,β-unsaturated/α-hetero) is 1. The van der Waals surface area contributed by atoms with Crippen molar-refractivity contribution in [3.63, 3.8) is 0 Å². The Kier molecular flexibility index (Phi) is 7.30. The number of rotatable bonds is 8. The van der Waals surface area contributed by atoms with Crippen molar-refractivity contribution in [1.82, 2.24) is 14.8 Å². The van der Waals surface area contributed by atoms with E-state index in [0.717, 1.165) is 13.1 Å². The first-order valence-corrected chi connectivity index (χ1v) is 10.6. The minimum absolute atomic E-state index is 0.00706. The zero-order chi connectivity index (χ0) is 22.5. The number of aliphatic hydroxyl groups is 1. The molecule has 1 unspecified atom stereocenters. The summed E-state index contributed by atoms with van der Waals surface area (Å²) in [5, 5.41) is 11.5. The summed E-state index contributed by atoms with van der Waals surface area (Å²) in [6, 6.07) is 9.21. The fourth-order valence-electron chi connectivity index (χ4n) is 3.71. The van der Waals surface area contributed by atoms with Gasteiger partial charge < -0.3 is 19.6 Å². The molecule has 1 aromatic carbocycles. The molecule has 3 rings (SSSR count). The van der Waals surface area contributed by atoms with E-state index in [1.54, 1.807) is 36.5 Å². The maximum absolute atomic E-state index is 13.0. The molecule has 0 bridgehead atoms. The Balaban J connectivity index is 2.10. The molecule has 0 radical (unpaired) electrons. The lowest BCUT2D eigenvalue weighted by atomic mass is 9.98. The normalized spacial score (nSPS) is 18.1. The van der Waals surface area contributed by atoms with Crippen molar-refractivity contribution in [1.29, 1.82) is 0 Å². The quantitative estimate of drug-likeness (QED) is 0.382. The van der Waals surface area contributed by atoms with Crippen LogP contribution in [-0.4, -0.2) is 64.9 Å². The van der Waals surface area contributed by atoms with Crippen molar-refractivity contribution in [3.05, 3.63) is 64.4 Å². The SMILES string of the molecule is CCN(CC)CCN1C(=O)C(=O)/C(=C(\O)c2ccc(Cl)c(OC)c2)C1c1ccccn1. The van der Waals surface area contributed by atoms with Gasteiger partial charge in [0.05, 0.1) is 23.4 Å². The number of halogens is 1. The highest BCUT2D eigenvalue weighted by atomic mass is 35.5. The molecular formula is C23H26ClN3O4. The third-order valence-corrected chi connectivity index (χ3v) is 5.80. The Hall–Kier alpha value is -2.90. The van der Waals surface area contributed by atoms with Crippen LogP contribution >= 0.6 is 11.6 Å². The zero-order valence-electron chi connectivity index (χ0n) is 17.8. The standard InChI is InChI=1S/C23H26ClN3O4/c1-4-26(5-2)12-13-27-20(17-8-6-7-11-25-17)19(22(29)23(27)30)21(28)15-9-10-16(24)18(14-15)31-3/h6-11,14,20,28H,4-5,12-13H2,1-3H3/b21-19-. The molecule has 0 spiro atoms. The van der Waals surface area contributed by atoms with E-state index in [1.165, 1.54) is 18.1 Å². The van der Waals surface area contributed by atoms with Crippen molar-refractivity contribution < 1.29 is 19.4 Å². The smallest absolute Gasteiger partial charge is 0.295 e. The number of carbonyl (C=O) groups is 2. The van der Waals surface area contributed by atoms with Gasteiger partial charge in [-0.1, -0.05) is 31.5 Å². The van der Waals surface area contributed by atoms with Crippen molar-refractivity contribution in [2.75, 3.05) is 33.3 Å². The number of pyridine rings is 1. The van der Waals surface area contributed by atoms with Gasteiger partial charge in [0.25, 0.3) is 11.7 Å². The van der Waals surface area contributed by atoms with Crippen LogP contribution in [0.4, 0.5) is 0 Å². The van der Waals surface area contributed by atoms with Gasteiger partial charge >= 0.3 is 0 Å². The van der Waals surface area contributed by atoms with Crippen LogP contribution in [0.15, 0.2) is 48.2 Å². The van der Waals surface area contributed by atoms with Gasteiger partial charge in [0.15, 0.2) is 0 Å². The van der Waals surface area contributed by atoms with Gasteiger partial charge in [0.1, 0.15) is 17.6 Å². The molecule has 8 heteroatoms. The van der Waals surface area contributed by atoms with Gasteiger partial charge in [-0.2, -0.15) is 0 Å². The van der Waals surface area contributed by atoms with E-state index in [1.807, 2.05) is 13.8 Å². The largest absolute Gasteiger partial charge is 0.507 e. The van der Waals surface area contributed by atoms with Crippen molar-refractivity contribution in [2.24, 2.45) is 0 Å². The fraction of sp³-hybridized carbons (Fsp3) is 0.348. The topological polar surface area (TPSA) is 83.0 Å². The number of likely N-dealkylation sites (N-methyl/N-ethyl adjacent to an activating group) is 1. The van der Waals surface area contributed by atoms with Crippen LogP contribution in [0.1, 0.15) is 31.1 Å². The molecule has 0 aliphatic carbocycles. The summed E-state index contributed by atoms with van der Waals surface area (Å²) in [4.78, 5) is 34.0. The Morgan fingerprint density at radius 1 is 1.23 bits per heavy atom. The second kappa shape index (κ2) is 9.94. The summed E-state index contributed by atoms with van der Waals surface area (Å²) in [6.45, 7) is 6.70. The summed E-state index contributed by atoms with van der Waals surface area (Å²) in [5.74, 6) is -1.31. The third-order valence-electron chi connectivity index (χ3n) is 5.48. The van der Waals surface area contributed by atoms with Crippen LogP contribution in [-0.2, 0) is 9.59 Å². The van der Waals surface area contributed by atoms with Gasteiger partial charge in [-0.3, -0.25) is 14.6 Å². The molecule has 1 aliphatic rings. The number of benzene rings is 1. The Labute approximate surface area is 186 Å². The lowest BCUT2D eigenvalue weighted by Gasteiger charge is -2.27. The molecule has 2 aromatic rings. The molecule has 1 amide bonds. The highest BCUT2D eigenvalue weighted by molar-refractivity contribution is 6.46. The zero-order valence-corrected chi connectivity index (χ0v) is 18.6. The predicted molar refractivity (Wildman–Crippen MR) is 119 cm³/mol. The summed E-state index contributed by atoms with van der Waals surface area (Å²) in [7, 11) is 1.46. The molecule has 1 N–H and O–H groups in total. The number of nitrogens with zero attached hydrogens (tertiary/aromatic N) is 3. The first-order chi connectivity index (χ1) is 14.9. The Morgan fingerprint density at radius 2 is 1.97 bits per heavy atom. The second-order valence-corrected chi connectivity index (χ2v) is 7.53. The van der Waals surface area contributed by atoms with Gasteiger partial charge in [0.2, 0.25) is 0 Å². The molecule has 164 valence electrons. The van der Waals surface area contributed by atoms with Crippen molar-refractivity contribution >= 4 is 29.1 Å². The maximum Gasteiger partial charge on any atom is 0.295 e. The number of methoxy groups -OCH3 is 1. The number of aliphatic hydroxyl groups excluding tert-OH is 1. The average Bonchev–Trinajstić information content (AvgIpc) is 3.05. The Bertz CT molecular complexity index is 990. The van der Waals surface area contributed by atoms with E-state index in [-0.39, 0.29) is 11.3 Å². The number of hydrogen-bond acceptors (Lipinski definition) is 6. The number of amides is 1. The molecule has 7 nitrogen and oxygen atoms in total. The second-order valence-electron chi connectivity index (χ2n) is 7.12. The van der Waals surface area contributed by atoms with Crippen LogP contribution in [0.25, 0.3) is 5.76 Å². The molecule has 1 atom stereocenters. The molecule has 1 aliphatic heterocycles. The minimum Gasteiger partial charge on any atom is -0.507 e. The first-order valence-electron chi connectivity index (χ1n) is 10.2. The van der Waals surface area contributed by atoms with Crippen LogP contribution in [0.3, 0.4) is 0 Å². The van der Waals surface area contributed by atoms with E-state index in [2.05, 4.69) is 9.88 Å². The average molecular weight is 444 g/mol. The maximum atomic E-state index is 13.0. The molecule has 2 heterocycles. The molecular weight excluding hydrogens is 418 g/mol. The number of hydrogen-bond donors (Lipinski definition) is 1. The van der Waals surface area contributed by atoms with Gasteiger partial charge in [0, 0.05) is 24.8 Å². The van der Waals surface area contributed by atoms with E-state index in [4.69, 9.17) is 16.3 Å². The number of ketones is 1. The number of likely N-dealkylation sites (tertiary alicyclic amines) is 1. The molecule has 1 fully saturated rings. The van der Waals surface area contributed by atoms with Gasteiger partial charge in [-0.05, 0) is 43.4 Å². The third kappa shape index (κ3) is 4.57. The van der Waals surface area contributed by atoms with Crippen LogP contribution in [0.5, 0.6) is 5.75 Å². The predicted octanol–water partition coefficient (Wildman–Crippen LogP) is 3.51. The number of aromatic nitrogens is 1. The number of ether oxygens (including phenoxy) is 1. The minimum atomic E-state index is -0.779. The van der Waals surface area contributed by atoms with E-state index < -0.39 is 17.7 Å². The highest BCUT2D eigenvalue weighted by Gasteiger charge is 2.46. The van der Waals surface area contributed by atoms with Crippen molar-refractivity contribution in [2.45, 2.75) is 19.9 Å². The lowest BCUT2D eigenvalue weighted by molar-refractivity contribution is -0.140. The summed E-state index contributed by atoms with van der Waals surface area (Å²) >= 11 is 6.09. The molecule has 0 saturated carbocycles. The summed E-state index contributed by atoms with van der Waals surface area (Å²) in [5.41, 5.74) is 0.861. The van der Waals surface area contributed by atoms with Gasteiger partial charge in [-0.15, -0.1) is 0 Å². The summed E-state index contributed by atoms with van der Waals surface area (Å²) < 4.78 is 5.22. The fourth-order valence-corrected chi connectivity index (χ4v) is 3.90. The van der Waals surface area contributed by atoms with Crippen LogP contribution < -0.4 is 4.74 Å². The first kappa shape index (κ1) is 22.8. The van der Waals surface area contributed by atoms with E-state index in [0.29, 0.717) is 35.1 Å². The molecule has 31 heavy (non-hydrogen) atoms. The van der Waals surface area contributed by atoms with Crippen LogP contribution in [0, 0.1) is 0 Å². The van der Waals surface area contributed by atoms with Crippen LogP contribution in [0.2, 0.25) is 5.02 Å². The number of carbonyl (C=O) groups excluding carboxylic acids is 2. The Morgan fingerprint density at radius 3 is 2.58 bits per heavy atom.